The van der Waals surface area contributed by atoms with Crippen molar-refractivity contribution in [2.24, 2.45) is 0 Å². The zero-order valence-corrected chi connectivity index (χ0v) is 14.4. The van der Waals surface area contributed by atoms with Gasteiger partial charge >= 0.3 is 0 Å². The van der Waals surface area contributed by atoms with E-state index in [9.17, 15) is 9.59 Å². The van der Waals surface area contributed by atoms with Crippen molar-refractivity contribution in [2.45, 2.75) is 44.2 Å². The van der Waals surface area contributed by atoms with E-state index in [0.717, 1.165) is 29.3 Å². The van der Waals surface area contributed by atoms with Gasteiger partial charge in [0.15, 0.2) is 0 Å². The van der Waals surface area contributed by atoms with Crippen LogP contribution in [0.25, 0.3) is 0 Å². The van der Waals surface area contributed by atoms with Gasteiger partial charge in [-0.1, -0.05) is 24.4 Å². The fraction of sp³-hybridized carbons (Fsp3) is 0.467. The third kappa shape index (κ3) is 3.04. The lowest BCUT2D eigenvalue weighted by Gasteiger charge is -2.22. The minimum atomic E-state index is -0.490. The quantitative estimate of drug-likeness (QED) is 0.604. The summed E-state index contributed by atoms with van der Waals surface area (Å²) in [7, 11) is 0. The number of hydrogen-bond donors (Lipinski definition) is 1. The molecule has 2 aliphatic rings. The Morgan fingerprint density at radius 2 is 1.95 bits per heavy atom. The zero-order chi connectivity index (χ0) is 15.0. The number of rotatable bonds is 3. The lowest BCUT2D eigenvalue weighted by molar-refractivity contribution is -0.141. The van der Waals surface area contributed by atoms with E-state index >= 15 is 0 Å². The second kappa shape index (κ2) is 6.12. The van der Waals surface area contributed by atoms with E-state index in [-0.39, 0.29) is 24.3 Å². The summed E-state index contributed by atoms with van der Waals surface area (Å²) in [6, 6.07) is 5.21. The summed E-state index contributed by atoms with van der Waals surface area (Å²) < 4.78 is 1.03. The number of halogens is 2. The van der Waals surface area contributed by atoms with E-state index in [1.54, 1.807) is 0 Å². The van der Waals surface area contributed by atoms with Gasteiger partial charge in [0.2, 0.25) is 5.91 Å². The van der Waals surface area contributed by atoms with Crippen LogP contribution in [0.15, 0.2) is 18.2 Å². The summed E-state index contributed by atoms with van der Waals surface area (Å²) in [6.07, 6.45) is 4.30. The topological polar surface area (TPSA) is 49.4 Å². The molecule has 6 heteroatoms. The molecule has 21 heavy (non-hydrogen) atoms. The SMILES string of the molecule is O=C1CC(Nc2ccc(I)cc2Cl)C(=O)N1C1CCCC1. The van der Waals surface area contributed by atoms with Crippen LogP contribution in [-0.2, 0) is 9.59 Å². The van der Waals surface area contributed by atoms with Crippen molar-refractivity contribution in [1.82, 2.24) is 4.90 Å². The summed E-state index contributed by atoms with van der Waals surface area (Å²) in [5.41, 5.74) is 0.705. The molecule has 1 aromatic rings. The number of carbonyl (C=O) groups is 2. The minimum Gasteiger partial charge on any atom is -0.372 e. The molecule has 1 heterocycles. The second-order valence-electron chi connectivity index (χ2n) is 5.57. The molecule has 0 radical (unpaired) electrons. The van der Waals surface area contributed by atoms with Crippen molar-refractivity contribution in [1.29, 1.82) is 0 Å². The molecule has 1 saturated carbocycles. The smallest absolute Gasteiger partial charge is 0.252 e. The van der Waals surface area contributed by atoms with Crippen molar-refractivity contribution in [3.63, 3.8) is 0 Å². The Balaban J connectivity index is 1.75. The van der Waals surface area contributed by atoms with E-state index in [0.29, 0.717) is 10.7 Å². The fourth-order valence-electron chi connectivity index (χ4n) is 3.10. The van der Waals surface area contributed by atoms with E-state index in [2.05, 4.69) is 27.9 Å². The number of likely N-dealkylation sites (tertiary alicyclic amines) is 1. The second-order valence-corrected chi connectivity index (χ2v) is 7.22. The van der Waals surface area contributed by atoms with Crippen LogP contribution in [0.4, 0.5) is 5.69 Å². The highest BCUT2D eigenvalue weighted by molar-refractivity contribution is 14.1. The van der Waals surface area contributed by atoms with Crippen molar-refractivity contribution in [2.75, 3.05) is 5.32 Å². The van der Waals surface area contributed by atoms with Gasteiger partial charge in [-0.15, -0.1) is 0 Å². The van der Waals surface area contributed by atoms with Gasteiger partial charge in [-0.05, 0) is 53.6 Å². The van der Waals surface area contributed by atoms with Gasteiger partial charge in [0.1, 0.15) is 6.04 Å². The number of nitrogens with one attached hydrogen (secondary N) is 1. The van der Waals surface area contributed by atoms with E-state index in [4.69, 9.17) is 11.6 Å². The van der Waals surface area contributed by atoms with Gasteiger partial charge in [0.25, 0.3) is 5.91 Å². The van der Waals surface area contributed by atoms with Crippen LogP contribution in [0, 0.1) is 3.57 Å². The van der Waals surface area contributed by atoms with Gasteiger partial charge in [-0.25, -0.2) is 0 Å². The van der Waals surface area contributed by atoms with Crippen LogP contribution >= 0.6 is 34.2 Å². The van der Waals surface area contributed by atoms with Crippen LogP contribution in [0.2, 0.25) is 5.02 Å². The Bertz CT molecular complexity index is 587. The fourth-order valence-corrected chi connectivity index (χ4v) is 4.01. The summed E-state index contributed by atoms with van der Waals surface area (Å²) in [5, 5.41) is 3.69. The molecule has 3 rings (SSSR count). The highest BCUT2D eigenvalue weighted by atomic mass is 127. The molecule has 1 atom stereocenters. The van der Waals surface area contributed by atoms with Gasteiger partial charge < -0.3 is 5.32 Å². The minimum absolute atomic E-state index is 0.0639. The normalized spacial score (nSPS) is 23.1. The number of carbonyl (C=O) groups excluding carboxylic acids is 2. The number of anilines is 1. The maximum absolute atomic E-state index is 12.5. The first-order valence-corrected chi connectivity index (χ1v) is 8.59. The lowest BCUT2D eigenvalue weighted by Crippen LogP contribution is -2.41. The molecule has 1 aromatic carbocycles. The van der Waals surface area contributed by atoms with Gasteiger partial charge in [0.05, 0.1) is 17.1 Å². The van der Waals surface area contributed by atoms with Crippen LogP contribution in [0.3, 0.4) is 0 Å². The molecular formula is C15H16ClIN2O2. The summed E-state index contributed by atoms with van der Waals surface area (Å²) in [4.78, 5) is 26.1. The van der Waals surface area contributed by atoms with Crippen molar-refractivity contribution < 1.29 is 9.59 Å². The summed E-state index contributed by atoms with van der Waals surface area (Å²) in [6.45, 7) is 0. The zero-order valence-electron chi connectivity index (χ0n) is 11.4. The van der Waals surface area contributed by atoms with Gasteiger partial charge in [0, 0.05) is 9.61 Å². The Hall–Kier alpha value is -0.820. The Labute approximate surface area is 142 Å². The van der Waals surface area contributed by atoms with E-state index in [1.165, 1.54) is 4.90 Å². The molecule has 1 saturated heterocycles. The van der Waals surface area contributed by atoms with E-state index in [1.807, 2.05) is 18.2 Å². The van der Waals surface area contributed by atoms with E-state index < -0.39 is 6.04 Å². The van der Waals surface area contributed by atoms with Crippen LogP contribution in [0.1, 0.15) is 32.1 Å². The summed E-state index contributed by atoms with van der Waals surface area (Å²) >= 11 is 8.36. The molecule has 0 aromatic heterocycles. The van der Waals surface area contributed by atoms with Gasteiger partial charge in [-0.2, -0.15) is 0 Å². The van der Waals surface area contributed by atoms with Crippen molar-refractivity contribution >= 4 is 51.7 Å². The predicted octanol–water partition coefficient (Wildman–Crippen LogP) is 3.43. The van der Waals surface area contributed by atoms with Crippen LogP contribution < -0.4 is 5.32 Å². The predicted molar refractivity (Wildman–Crippen MR) is 90.3 cm³/mol. The largest absolute Gasteiger partial charge is 0.372 e. The average Bonchev–Trinajstić information content (AvgIpc) is 3.02. The van der Waals surface area contributed by atoms with Crippen molar-refractivity contribution in [3.8, 4) is 0 Å². The first kappa shape index (κ1) is 15.1. The average molecular weight is 419 g/mol. The van der Waals surface area contributed by atoms with Gasteiger partial charge in [-0.3, -0.25) is 14.5 Å². The van der Waals surface area contributed by atoms with Crippen LogP contribution in [0.5, 0.6) is 0 Å². The number of benzene rings is 1. The van der Waals surface area contributed by atoms with Crippen LogP contribution in [-0.4, -0.2) is 28.8 Å². The number of amides is 2. The maximum Gasteiger partial charge on any atom is 0.252 e. The molecule has 1 N–H and O–H groups in total. The maximum atomic E-state index is 12.5. The third-order valence-electron chi connectivity index (χ3n) is 4.13. The molecule has 112 valence electrons. The Morgan fingerprint density at radius 3 is 2.62 bits per heavy atom. The lowest BCUT2D eigenvalue weighted by atomic mass is 10.2. The first-order chi connectivity index (χ1) is 10.1. The highest BCUT2D eigenvalue weighted by Crippen LogP contribution is 2.31. The first-order valence-electron chi connectivity index (χ1n) is 7.14. The molecule has 1 unspecified atom stereocenters. The summed E-state index contributed by atoms with van der Waals surface area (Å²) in [5.74, 6) is -0.174. The number of nitrogens with zero attached hydrogens (tertiary/aromatic N) is 1. The molecule has 1 aliphatic carbocycles. The molecule has 0 spiro atoms. The molecule has 2 amide bonds. The molecular weight excluding hydrogens is 403 g/mol. The Morgan fingerprint density at radius 1 is 1.24 bits per heavy atom. The molecule has 1 aliphatic heterocycles. The molecule has 2 fully saturated rings. The van der Waals surface area contributed by atoms with Crippen molar-refractivity contribution in [3.05, 3.63) is 26.8 Å². The monoisotopic (exact) mass is 418 g/mol. The number of hydrogen-bond acceptors (Lipinski definition) is 3. The standard InChI is InChI=1S/C15H16ClIN2O2/c16-11-7-9(17)5-6-12(11)18-13-8-14(20)19(15(13)21)10-3-1-2-4-10/h5-7,10,13,18H,1-4,8H2. The number of imide groups is 1. The molecule has 4 nitrogen and oxygen atoms in total. The molecule has 0 bridgehead atoms. The third-order valence-corrected chi connectivity index (χ3v) is 5.12. The highest BCUT2D eigenvalue weighted by Gasteiger charge is 2.43. The Kier molecular flexibility index (Phi) is 4.40.